The van der Waals surface area contributed by atoms with Gasteiger partial charge in [-0.25, -0.2) is 0 Å². The molecule has 0 bridgehead atoms. The summed E-state index contributed by atoms with van der Waals surface area (Å²) in [4.78, 5) is -0.356. The Morgan fingerprint density at radius 1 is 1.04 bits per heavy atom. The van der Waals surface area contributed by atoms with Gasteiger partial charge in [-0.15, -0.1) is 0 Å². The monoisotopic (exact) mass is 388 g/mol. The normalized spacial score (nSPS) is 11.0. The third kappa shape index (κ3) is 6.67. The van der Waals surface area contributed by atoms with Gasteiger partial charge in [-0.1, -0.05) is 62.3 Å². The van der Waals surface area contributed by atoms with Crippen LogP contribution in [0.2, 0.25) is 0 Å². The summed E-state index contributed by atoms with van der Waals surface area (Å²) < 4.78 is 37.8. The van der Waals surface area contributed by atoms with Gasteiger partial charge in [0.1, 0.15) is 16.4 Å². The van der Waals surface area contributed by atoms with Crippen molar-refractivity contribution in [1.82, 2.24) is 0 Å². The Labute approximate surface area is 191 Å². The van der Waals surface area contributed by atoms with Gasteiger partial charge in [0.25, 0.3) is 10.1 Å². The number of para-hydroxylation sites is 2. The summed E-state index contributed by atoms with van der Waals surface area (Å²) in [6.07, 6.45) is 4.90. The molecule has 0 aromatic heterocycles. The minimum Gasteiger partial charge on any atom is -0.870 e. The molecule has 0 unspecified atom stereocenters. The summed E-state index contributed by atoms with van der Waals surface area (Å²) in [5.74, 6) is -0.253. The van der Waals surface area contributed by atoms with Gasteiger partial charge in [0.2, 0.25) is 0 Å². The zero-order chi connectivity index (χ0) is 17.6. The third-order valence-electron chi connectivity index (χ3n) is 3.70. The van der Waals surface area contributed by atoms with Crippen molar-refractivity contribution in [3.63, 3.8) is 0 Å². The molecule has 0 radical (unpaired) electrons. The first kappa shape index (κ1) is 22.6. The van der Waals surface area contributed by atoms with Crippen LogP contribution >= 0.6 is 0 Å². The summed E-state index contributed by atoms with van der Waals surface area (Å²) in [6.45, 7) is 2.12. The second-order valence-corrected chi connectivity index (χ2v) is 6.97. The molecule has 7 heteroatoms. The standard InChI is InChI=1S/C18H22O5S.K/c1-2-3-4-5-9-14-10-8-11-15(19)18(14)23-16-12-6-7-13-17(16)24(20,21)22;/h6-8,10-13,19H,2-5,9H2,1H3,(H,20,21,22);/q;+1/p-1. The molecule has 5 nitrogen and oxygen atoms in total. The fourth-order valence-corrected chi connectivity index (χ4v) is 3.09. The Hall–Kier alpha value is -0.414. The fourth-order valence-electron chi connectivity index (χ4n) is 2.47. The Balaban J connectivity index is 0.00000312. The van der Waals surface area contributed by atoms with E-state index in [0.29, 0.717) is 6.42 Å². The molecule has 0 amide bonds. The van der Waals surface area contributed by atoms with E-state index < -0.39 is 10.1 Å². The maximum absolute atomic E-state index is 12.2. The van der Waals surface area contributed by atoms with E-state index in [1.807, 2.05) is 0 Å². The maximum Gasteiger partial charge on any atom is 1.00 e. The number of aryl methyl sites for hydroxylation is 1. The zero-order valence-corrected chi connectivity index (χ0v) is 18.5. The largest absolute Gasteiger partial charge is 1.00 e. The van der Waals surface area contributed by atoms with E-state index in [2.05, 4.69) is 6.92 Å². The van der Waals surface area contributed by atoms with E-state index in [1.165, 1.54) is 24.3 Å². The van der Waals surface area contributed by atoms with Crippen molar-refractivity contribution in [3.8, 4) is 17.2 Å². The van der Waals surface area contributed by atoms with Crippen LogP contribution in [0.25, 0.3) is 0 Å². The van der Waals surface area contributed by atoms with Crippen molar-refractivity contribution in [2.45, 2.75) is 43.9 Å². The van der Waals surface area contributed by atoms with E-state index >= 15 is 0 Å². The molecule has 1 N–H and O–H groups in total. The predicted octanol–water partition coefficient (Wildman–Crippen LogP) is 0.926. The third-order valence-corrected chi connectivity index (χ3v) is 4.59. The van der Waals surface area contributed by atoms with Crippen molar-refractivity contribution in [1.29, 1.82) is 0 Å². The summed E-state index contributed by atoms with van der Waals surface area (Å²) in [7, 11) is -4.43. The quantitative estimate of drug-likeness (QED) is 0.413. The SMILES string of the molecule is CCCCCCc1cccc([O-])c1Oc1ccccc1S(=O)(=O)O.[K+]. The van der Waals surface area contributed by atoms with Gasteiger partial charge >= 0.3 is 51.4 Å². The van der Waals surface area contributed by atoms with Crippen LogP contribution in [0.15, 0.2) is 47.4 Å². The molecule has 0 aliphatic rings. The Bertz CT molecular complexity index is 790. The van der Waals surface area contributed by atoms with Gasteiger partial charge in [0, 0.05) is 0 Å². The van der Waals surface area contributed by atoms with Crippen molar-refractivity contribution in [3.05, 3.63) is 48.0 Å². The molecule has 0 fully saturated rings. The molecular weight excluding hydrogens is 367 g/mol. The zero-order valence-electron chi connectivity index (χ0n) is 14.6. The molecule has 2 aromatic carbocycles. The predicted molar refractivity (Wildman–Crippen MR) is 90.1 cm³/mol. The van der Waals surface area contributed by atoms with Crippen LogP contribution in [0.1, 0.15) is 38.2 Å². The van der Waals surface area contributed by atoms with Gasteiger partial charge in [0.05, 0.1) is 0 Å². The first-order chi connectivity index (χ1) is 11.4. The average molecular weight is 389 g/mol. The Morgan fingerprint density at radius 2 is 1.76 bits per heavy atom. The number of unbranched alkanes of at least 4 members (excludes halogenated alkanes) is 3. The van der Waals surface area contributed by atoms with E-state index in [1.54, 1.807) is 18.2 Å². The molecular formula is C18H21KO5S. The van der Waals surface area contributed by atoms with Crippen LogP contribution in [0.4, 0.5) is 0 Å². The van der Waals surface area contributed by atoms with Crippen LogP contribution in [-0.4, -0.2) is 13.0 Å². The van der Waals surface area contributed by atoms with Crippen molar-refractivity contribution in [2.24, 2.45) is 0 Å². The second kappa shape index (κ2) is 10.7. The van der Waals surface area contributed by atoms with E-state index in [4.69, 9.17) is 4.74 Å². The molecule has 0 saturated carbocycles. The van der Waals surface area contributed by atoms with Crippen LogP contribution < -0.4 is 61.2 Å². The first-order valence-electron chi connectivity index (χ1n) is 7.96. The molecule has 0 heterocycles. The fraction of sp³-hybridized carbons (Fsp3) is 0.333. The molecule has 0 spiro atoms. The topological polar surface area (TPSA) is 86.7 Å². The molecule has 2 rings (SSSR count). The summed E-state index contributed by atoms with van der Waals surface area (Å²) in [5.41, 5.74) is 0.740. The van der Waals surface area contributed by atoms with Gasteiger partial charge in [0.15, 0.2) is 0 Å². The van der Waals surface area contributed by atoms with Crippen LogP contribution in [-0.2, 0) is 16.5 Å². The maximum atomic E-state index is 12.2. The molecule has 0 atom stereocenters. The molecule has 0 aliphatic heterocycles. The number of ether oxygens (including phenoxy) is 1. The minimum atomic E-state index is -4.43. The number of rotatable bonds is 8. The molecule has 0 saturated heterocycles. The smallest absolute Gasteiger partial charge is 0.870 e. The summed E-state index contributed by atoms with van der Waals surface area (Å²) >= 11 is 0. The van der Waals surface area contributed by atoms with E-state index in [-0.39, 0.29) is 73.5 Å². The van der Waals surface area contributed by atoms with Crippen LogP contribution in [0, 0.1) is 0 Å². The van der Waals surface area contributed by atoms with Crippen molar-refractivity contribution in [2.75, 3.05) is 0 Å². The summed E-state index contributed by atoms with van der Waals surface area (Å²) in [6, 6.07) is 10.6. The van der Waals surface area contributed by atoms with Crippen LogP contribution in [0.3, 0.4) is 0 Å². The number of benzene rings is 2. The van der Waals surface area contributed by atoms with E-state index in [9.17, 15) is 18.1 Å². The number of hydrogen-bond donors (Lipinski definition) is 1. The van der Waals surface area contributed by atoms with Crippen molar-refractivity contribution >= 4 is 10.1 Å². The molecule has 25 heavy (non-hydrogen) atoms. The van der Waals surface area contributed by atoms with Gasteiger partial charge in [-0.05, 0) is 30.5 Å². The molecule has 2 aromatic rings. The van der Waals surface area contributed by atoms with Crippen LogP contribution in [0.5, 0.6) is 17.2 Å². The minimum absolute atomic E-state index is 0. The molecule has 130 valence electrons. The number of hydrogen-bond acceptors (Lipinski definition) is 4. The van der Waals surface area contributed by atoms with Gasteiger partial charge in [-0.3, -0.25) is 4.55 Å². The molecule has 0 aliphatic carbocycles. The summed E-state index contributed by atoms with van der Waals surface area (Å²) in [5, 5.41) is 12.2. The Morgan fingerprint density at radius 3 is 2.44 bits per heavy atom. The van der Waals surface area contributed by atoms with Crippen molar-refractivity contribution < 1.29 is 74.2 Å². The van der Waals surface area contributed by atoms with Gasteiger partial charge < -0.3 is 9.84 Å². The Kier molecular flexibility index (Phi) is 9.65. The second-order valence-electron chi connectivity index (χ2n) is 5.58. The van der Waals surface area contributed by atoms with E-state index in [0.717, 1.165) is 31.2 Å². The average Bonchev–Trinajstić information content (AvgIpc) is 2.54. The first-order valence-corrected chi connectivity index (χ1v) is 9.40. The van der Waals surface area contributed by atoms with Gasteiger partial charge in [-0.2, -0.15) is 8.42 Å².